The van der Waals surface area contributed by atoms with Crippen LogP contribution in [-0.2, 0) is 0 Å². The van der Waals surface area contributed by atoms with Crippen molar-refractivity contribution in [3.8, 4) is 0 Å². The predicted octanol–water partition coefficient (Wildman–Crippen LogP) is 0.918. The molecule has 0 aromatic carbocycles. The molecule has 0 saturated heterocycles. The van der Waals surface area contributed by atoms with Gasteiger partial charge < -0.3 is 0 Å². The second kappa shape index (κ2) is 2.10. The van der Waals surface area contributed by atoms with Gasteiger partial charge in [0.15, 0.2) is 0 Å². The SMILES string of the molecule is [SiH3]C1=CC=CC2C=CC=C12. The number of fused-ring (bicyclic) bond motifs is 1. The van der Waals surface area contributed by atoms with Gasteiger partial charge in [0.05, 0.1) is 0 Å². The Hall–Kier alpha value is -0.823. The van der Waals surface area contributed by atoms with E-state index < -0.39 is 0 Å². The Bertz CT molecular complexity index is 266. The predicted molar refractivity (Wildman–Crippen MR) is 47.9 cm³/mol. The maximum Gasteiger partial charge on any atom is 0.0389 e. The fourth-order valence-corrected chi connectivity index (χ4v) is 2.16. The minimum absolute atomic E-state index is 0.609. The van der Waals surface area contributed by atoms with Gasteiger partial charge in [-0.3, -0.25) is 0 Å². The quantitative estimate of drug-likeness (QED) is 0.446. The summed E-state index contributed by atoms with van der Waals surface area (Å²) in [5.74, 6) is 0.609. The Labute approximate surface area is 64.1 Å². The molecule has 0 bridgehead atoms. The average Bonchev–Trinajstić information content (AvgIpc) is 2.36. The van der Waals surface area contributed by atoms with E-state index >= 15 is 0 Å². The van der Waals surface area contributed by atoms with Crippen LogP contribution < -0.4 is 0 Å². The summed E-state index contributed by atoms with van der Waals surface area (Å²) in [5, 5.41) is 1.54. The zero-order valence-electron chi connectivity index (χ0n) is 6.04. The number of hydrogen-bond donors (Lipinski definition) is 0. The molecule has 0 aromatic rings. The lowest BCUT2D eigenvalue weighted by Crippen LogP contribution is -2.00. The fraction of sp³-hybridized carbons (Fsp3) is 0.111. The van der Waals surface area contributed by atoms with Gasteiger partial charge >= 0.3 is 0 Å². The fourth-order valence-electron chi connectivity index (χ4n) is 1.47. The number of rotatable bonds is 0. The summed E-state index contributed by atoms with van der Waals surface area (Å²) >= 11 is 0. The smallest absolute Gasteiger partial charge is 0.0389 e. The first-order chi connectivity index (χ1) is 4.88. The van der Waals surface area contributed by atoms with Crippen molar-refractivity contribution in [2.45, 2.75) is 0 Å². The molecule has 2 aliphatic carbocycles. The lowest BCUT2D eigenvalue weighted by molar-refractivity contribution is 1.01. The maximum absolute atomic E-state index is 2.25. The molecule has 2 rings (SSSR count). The molecule has 0 heterocycles. The van der Waals surface area contributed by atoms with Crippen LogP contribution >= 0.6 is 0 Å². The van der Waals surface area contributed by atoms with Crippen molar-refractivity contribution in [1.29, 1.82) is 0 Å². The van der Waals surface area contributed by atoms with Crippen molar-refractivity contribution < 1.29 is 0 Å². The van der Waals surface area contributed by atoms with Gasteiger partial charge in [0.2, 0.25) is 0 Å². The molecule has 2 aliphatic rings. The molecule has 1 unspecified atom stereocenters. The molecule has 50 valence electrons. The third-order valence-corrected chi connectivity index (χ3v) is 2.98. The highest BCUT2D eigenvalue weighted by molar-refractivity contribution is 6.24. The van der Waals surface area contributed by atoms with Gasteiger partial charge in [-0.15, -0.1) is 0 Å². The van der Waals surface area contributed by atoms with Gasteiger partial charge in [-0.05, 0) is 5.57 Å². The van der Waals surface area contributed by atoms with Crippen molar-refractivity contribution >= 4 is 10.2 Å². The molecule has 0 N–H and O–H groups in total. The molecule has 1 atom stereocenters. The van der Waals surface area contributed by atoms with Crippen LogP contribution in [0, 0.1) is 5.92 Å². The summed E-state index contributed by atoms with van der Waals surface area (Å²) in [4.78, 5) is 0. The first-order valence-corrected chi connectivity index (χ1v) is 4.62. The van der Waals surface area contributed by atoms with E-state index in [1.54, 1.807) is 0 Å². The zero-order chi connectivity index (χ0) is 6.97. The van der Waals surface area contributed by atoms with Crippen LogP contribution in [-0.4, -0.2) is 10.2 Å². The van der Waals surface area contributed by atoms with Gasteiger partial charge in [0.1, 0.15) is 0 Å². The topological polar surface area (TPSA) is 0 Å². The van der Waals surface area contributed by atoms with Crippen molar-refractivity contribution in [3.63, 3.8) is 0 Å². The zero-order valence-corrected chi connectivity index (χ0v) is 8.04. The Morgan fingerprint density at radius 3 is 2.50 bits per heavy atom. The van der Waals surface area contributed by atoms with Crippen LogP contribution in [0.25, 0.3) is 0 Å². The van der Waals surface area contributed by atoms with Gasteiger partial charge in [-0.25, -0.2) is 0 Å². The van der Waals surface area contributed by atoms with Gasteiger partial charge in [0.25, 0.3) is 0 Å². The normalized spacial score (nSPS) is 28.2. The van der Waals surface area contributed by atoms with Gasteiger partial charge in [-0.1, -0.05) is 41.7 Å². The molecule has 0 saturated carbocycles. The Morgan fingerprint density at radius 1 is 1.10 bits per heavy atom. The van der Waals surface area contributed by atoms with E-state index in [2.05, 4.69) is 36.5 Å². The number of hydrogen-bond acceptors (Lipinski definition) is 0. The summed E-state index contributed by atoms with van der Waals surface area (Å²) in [7, 11) is 1.17. The summed E-state index contributed by atoms with van der Waals surface area (Å²) in [6.07, 6.45) is 13.3. The molecular formula is C9H10Si. The lowest BCUT2D eigenvalue weighted by atomic mass is 9.98. The Kier molecular flexibility index (Phi) is 1.24. The Balaban J connectivity index is 2.44. The van der Waals surface area contributed by atoms with Crippen molar-refractivity contribution in [2.24, 2.45) is 5.92 Å². The lowest BCUT2D eigenvalue weighted by Gasteiger charge is -2.13. The van der Waals surface area contributed by atoms with E-state index in [9.17, 15) is 0 Å². The molecular weight excluding hydrogens is 136 g/mol. The van der Waals surface area contributed by atoms with E-state index in [1.165, 1.54) is 21.0 Å². The summed E-state index contributed by atoms with van der Waals surface area (Å²) in [6, 6.07) is 0. The highest BCUT2D eigenvalue weighted by Crippen LogP contribution is 2.28. The monoisotopic (exact) mass is 146 g/mol. The average molecular weight is 146 g/mol. The minimum Gasteiger partial charge on any atom is -0.0732 e. The first-order valence-electron chi connectivity index (χ1n) is 3.62. The van der Waals surface area contributed by atoms with Crippen LogP contribution in [0.1, 0.15) is 0 Å². The first kappa shape index (κ1) is 5.92. The summed E-state index contributed by atoms with van der Waals surface area (Å²) in [5.41, 5.74) is 1.52. The van der Waals surface area contributed by atoms with Crippen LogP contribution in [0.15, 0.2) is 47.2 Å². The molecule has 0 spiro atoms. The molecule has 0 aromatic heterocycles. The molecule has 10 heavy (non-hydrogen) atoms. The second-order valence-corrected chi connectivity index (χ2v) is 3.84. The van der Waals surface area contributed by atoms with E-state index in [0.717, 1.165) is 0 Å². The van der Waals surface area contributed by atoms with E-state index in [1.807, 2.05) is 0 Å². The van der Waals surface area contributed by atoms with Crippen LogP contribution in [0.3, 0.4) is 0 Å². The maximum atomic E-state index is 2.25. The van der Waals surface area contributed by atoms with Crippen molar-refractivity contribution in [2.75, 3.05) is 0 Å². The molecule has 1 heteroatoms. The summed E-state index contributed by atoms with van der Waals surface area (Å²) < 4.78 is 0. The van der Waals surface area contributed by atoms with Gasteiger partial charge in [-0.2, -0.15) is 0 Å². The molecule has 0 fully saturated rings. The third-order valence-electron chi connectivity index (χ3n) is 2.07. The van der Waals surface area contributed by atoms with Gasteiger partial charge in [0, 0.05) is 16.2 Å². The number of allylic oxidation sites excluding steroid dienone is 8. The molecule has 0 radical (unpaired) electrons. The third kappa shape index (κ3) is 0.745. The highest BCUT2D eigenvalue weighted by atomic mass is 28.1. The van der Waals surface area contributed by atoms with E-state index in [-0.39, 0.29) is 0 Å². The summed E-state index contributed by atoms with van der Waals surface area (Å²) in [6.45, 7) is 0. The van der Waals surface area contributed by atoms with E-state index in [0.29, 0.717) is 5.92 Å². The molecule has 0 amide bonds. The van der Waals surface area contributed by atoms with Crippen LogP contribution in [0.4, 0.5) is 0 Å². The Morgan fingerprint density at radius 2 is 1.80 bits per heavy atom. The second-order valence-electron chi connectivity index (χ2n) is 2.77. The van der Waals surface area contributed by atoms with Crippen molar-refractivity contribution in [3.05, 3.63) is 47.2 Å². The standard InChI is InChI=1S/C9H10Si/c10-9-6-2-4-7-3-1-5-8(7)9/h1-7H,10H3. The van der Waals surface area contributed by atoms with E-state index in [4.69, 9.17) is 0 Å². The molecule has 0 aliphatic heterocycles. The van der Waals surface area contributed by atoms with Crippen molar-refractivity contribution in [1.82, 2.24) is 0 Å². The van der Waals surface area contributed by atoms with Crippen LogP contribution in [0.2, 0.25) is 0 Å². The largest absolute Gasteiger partial charge is 0.0732 e. The molecule has 0 nitrogen and oxygen atoms in total. The van der Waals surface area contributed by atoms with Crippen LogP contribution in [0.5, 0.6) is 0 Å². The highest BCUT2D eigenvalue weighted by Gasteiger charge is 2.14. The minimum atomic E-state index is 0.609.